The minimum absolute atomic E-state index is 0.0566. The summed E-state index contributed by atoms with van der Waals surface area (Å²) < 4.78 is 39.8. The Labute approximate surface area is 131 Å². The first kappa shape index (κ1) is 15.4. The number of fused-ring (bicyclic) bond motifs is 1. The molecule has 0 saturated heterocycles. The molecular formula is C15H9F3N2O2S. The average molecular weight is 338 g/mol. The van der Waals surface area contributed by atoms with Crippen LogP contribution in [0.4, 0.5) is 13.2 Å². The van der Waals surface area contributed by atoms with Crippen molar-refractivity contribution in [3.05, 3.63) is 68.7 Å². The topological polar surface area (TPSA) is 65.7 Å². The van der Waals surface area contributed by atoms with Gasteiger partial charge in [0.15, 0.2) is 0 Å². The molecule has 0 radical (unpaired) electrons. The zero-order valence-electron chi connectivity index (χ0n) is 11.4. The van der Waals surface area contributed by atoms with Crippen LogP contribution in [0.15, 0.2) is 61.8 Å². The monoisotopic (exact) mass is 338 g/mol. The van der Waals surface area contributed by atoms with Gasteiger partial charge in [0.2, 0.25) is 0 Å². The van der Waals surface area contributed by atoms with Crippen LogP contribution in [0.2, 0.25) is 0 Å². The van der Waals surface area contributed by atoms with Crippen LogP contribution in [0.25, 0.3) is 11.0 Å². The van der Waals surface area contributed by atoms with E-state index < -0.39 is 22.9 Å². The van der Waals surface area contributed by atoms with Crippen LogP contribution in [0.1, 0.15) is 5.56 Å². The molecule has 0 bridgehead atoms. The first-order valence-corrected chi connectivity index (χ1v) is 7.27. The van der Waals surface area contributed by atoms with E-state index in [1.54, 1.807) is 30.3 Å². The first-order valence-electron chi connectivity index (χ1n) is 6.45. The maximum absolute atomic E-state index is 13.3. The van der Waals surface area contributed by atoms with Crippen LogP contribution >= 0.6 is 11.8 Å². The van der Waals surface area contributed by atoms with Crippen LogP contribution in [0.3, 0.4) is 0 Å². The van der Waals surface area contributed by atoms with E-state index in [4.69, 9.17) is 0 Å². The molecule has 0 spiro atoms. The number of halogens is 3. The molecule has 1 heterocycles. The number of alkyl halides is 3. The van der Waals surface area contributed by atoms with E-state index in [9.17, 15) is 22.8 Å². The van der Waals surface area contributed by atoms with Crippen molar-refractivity contribution in [1.82, 2.24) is 9.97 Å². The standard InChI is InChI=1S/C15H9F3N2O2S/c16-15(17,18)9-6-10-11(20-14(22)13(21)19-10)7-12(9)23-8-4-2-1-3-5-8/h1-7H,(H,19,21)(H,20,22). The molecule has 23 heavy (non-hydrogen) atoms. The number of aromatic amines is 2. The number of hydrogen-bond acceptors (Lipinski definition) is 3. The highest BCUT2D eigenvalue weighted by Gasteiger charge is 2.34. The Morgan fingerprint density at radius 2 is 1.43 bits per heavy atom. The van der Waals surface area contributed by atoms with Crippen molar-refractivity contribution in [1.29, 1.82) is 0 Å². The molecule has 8 heteroatoms. The summed E-state index contributed by atoms with van der Waals surface area (Å²) in [4.78, 5) is 27.6. The van der Waals surface area contributed by atoms with Gasteiger partial charge in [-0.15, -0.1) is 0 Å². The minimum atomic E-state index is -4.58. The molecule has 0 aliphatic carbocycles. The number of aromatic nitrogens is 2. The molecule has 4 nitrogen and oxygen atoms in total. The molecule has 3 aromatic rings. The van der Waals surface area contributed by atoms with E-state index in [-0.39, 0.29) is 15.9 Å². The number of rotatable bonds is 2. The Balaban J connectivity index is 2.23. The summed E-state index contributed by atoms with van der Waals surface area (Å²) in [6, 6.07) is 10.6. The zero-order chi connectivity index (χ0) is 16.6. The lowest BCUT2D eigenvalue weighted by Crippen LogP contribution is -2.29. The lowest BCUT2D eigenvalue weighted by molar-refractivity contribution is -0.139. The average Bonchev–Trinajstić information content (AvgIpc) is 2.48. The van der Waals surface area contributed by atoms with Gasteiger partial charge in [0, 0.05) is 9.79 Å². The number of nitrogens with one attached hydrogen (secondary N) is 2. The third kappa shape index (κ3) is 3.16. The van der Waals surface area contributed by atoms with Crippen LogP contribution < -0.4 is 11.1 Å². The highest BCUT2D eigenvalue weighted by Crippen LogP contribution is 2.40. The van der Waals surface area contributed by atoms with Crippen molar-refractivity contribution in [3.63, 3.8) is 0 Å². The van der Waals surface area contributed by atoms with E-state index in [1.165, 1.54) is 6.07 Å². The fourth-order valence-corrected chi connectivity index (χ4v) is 3.07. The summed E-state index contributed by atoms with van der Waals surface area (Å²) in [6.07, 6.45) is -4.58. The van der Waals surface area contributed by atoms with E-state index in [0.29, 0.717) is 4.90 Å². The highest BCUT2D eigenvalue weighted by atomic mass is 32.2. The molecule has 1 aromatic heterocycles. The van der Waals surface area contributed by atoms with Gasteiger partial charge in [-0.3, -0.25) is 9.59 Å². The predicted octanol–water partition coefficient (Wildman–Crippen LogP) is 3.39. The van der Waals surface area contributed by atoms with Gasteiger partial charge >= 0.3 is 17.3 Å². The van der Waals surface area contributed by atoms with Gasteiger partial charge in [-0.1, -0.05) is 30.0 Å². The van der Waals surface area contributed by atoms with Gasteiger partial charge in [0.25, 0.3) is 0 Å². The second-order valence-corrected chi connectivity index (χ2v) is 5.83. The maximum Gasteiger partial charge on any atom is 0.417 e. The van der Waals surface area contributed by atoms with Crippen molar-refractivity contribution in [2.24, 2.45) is 0 Å². The maximum atomic E-state index is 13.3. The molecule has 0 fully saturated rings. The second-order valence-electron chi connectivity index (χ2n) is 4.72. The van der Waals surface area contributed by atoms with Crippen molar-refractivity contribution < 1.29 is 13.2 Å². The minimum Gasteiger partial charge on any atom is -0.316 e. The highest BCUT2D eigenvalue weighted by molar-refractivity contribution is 7.99. The Morgan fingerprint density at radius 1 is 0.870 bits per heavy atom. The Kier molecular flexibility index (Phi) is 3.77. The van der Waals surface area contributed by atoms with Crippen LogP contribution in [0, 0.1) is 0 Å². The molecule has 0 aliphatic heterocycles. The Hall–Kier alpha value is -2.48. The van der Waals surface area contributed by atoms with Gasteiger partial charge in [-0.05, 0) is 24.3 Å². The molecular weight excluding hydrogens is 329 g/mol. The Bertz CT molecular complexity index is 978. The molecule has 0 unspecified atom stereocenters. The van der Waals surface area contributed by atoms with Crippen LogP contribution in [-0.2, 0) is 6.18 Å². The van der Waals surface area contributed by atoms with Gasteiger partial charge in [-0.25, -0.2) is 0 Å². The summed E-state index contributed by atoms with van der Waals surface area (Å²) in [5, 5.41) is 0. The summed E-state index contributed by atoms with van der Waals surface area (Å²) in [5.41, 5.74) is -2.70. The van der Waals surface area contributed by atoms with Gasteiger partial charge < -0.3 is 9.97 Å². The fourth-order valence-electron chi connectivity index (χ4n) is 2.07. The first-order chi connectivity index (χ1) is 10.8. The van der Waals surface area contributed by atoms with Gasteiger partial charge in [0.1, 0.15) is 0 Å². The largest absolute Gasteiger partial charge is 0.417 e. The lowest BCUT2D eigenvalue weighted by atomic mass is 10.2. The normalized spacial score (nSPS) is 11.8. The third-order valence-electron chi connectivity index (χ3n) is 3.10. The van der Waals surface area contributed by atoms with Crippen molar-refractivity contribution in [2.75, 3.05) is 0 Å². The molecule has 0 saturated carbocycles. The summed E-state index contributed by atoms with van der Waals surface area (Å²) in [7, 11) is 0. The zero-order valence-corrected chi connectivity index (χ0v) is 12.2. The summed E-state index contributed by atoms with van der Waals surface area (Å²) >= 11 is 0.932. The van der Waals surface area contributed by atoms with E-state index in [0.717, 1.165) is 17.8 Å². The quantitative estimate of drug-likeness (QED) is 0.704. The summed E-state index contributed by atoms with van der Waals surface area (Å²) in [5.74, 6) is 0. The number of hydrogen-bond donors (Lipinski definition) is 2. The van der Waals surface area contributed by atoms with Gasteiger partial charge in [0.05, 0.1) is 16.6 Å². The molecule has 2 aromatic carbocycles. The molecule has 0 atom stereocenters. The molecule has 0 amide bonds. The van der Waals surface area contributed by atoms with Crippen molar-refractivity contribution >= 4 is 22.8 Å². The molecule has 2 N–H and O–H groups in total. The van der Waals surface area contributed by atoms with Gasteiger partial charge in [-0.2, -0.15) is 13.2 Å². The van der Waals surface area contributed by atoms with Crippen LogP contribution in [0.5, 0.6) is 0 Å². The molecule has 3 rings (SSSR count). The van der Waals surface area contributed by atoms with E-state index >= 15 is 0 Å². The molecule has 0 aliphatic rings. The third-order valence-corrected chi connectivity index (χ3v) is 4.16. The van der Waals surface area contributed by atoms with E-state index in [1.807, 2.05) is 0 Å². The Morgan fingerprint density at radius 3 is 2.00 bits per heavy atom. The number of H-pyrrole nitrogens is 2. The lowest BCUT2D eigenvalue weighted by Gasteiger charge is -2.13. The van der Waals surface area contributed by atoms with Crippen molar-refractivity contribution in [3.8, 4) is 0 Å². The predicted molar refractivity (Wildman–Crippen MR) is 80.8 cm³/mol. The SMILES string of the molecule is O=c1[nH]c2cc(Sc3ccccc3)c(C(F)(F)F)cc2[nH]c1=O. The van der Waals surface area contributed by atoms with Crippen LogP contribution in [-0.4, -0.2) is 9.97 Å². The fraction of sp³-hybridized carbons (Fsp3) is 0.0667. The number of benzene rings is 2. The summed E-state index contributed by atoms with van der Waals surface area (Å²) in [6.45, 7) is 0. The van der Waals surface area contributed by atoms with E-state index in [2.05, 4.69) is 9.97 Å². The molecule has 118 valence electrons. The second kappa shape index (κ2) is 5.62. The smallest absolute Gasteiger partial charge is 0.316 e. The van der Waals surface area contributed by atoms with Crippen molar-refractivity contribution in [2.45, 2.75) is 16.0 Å².